The number of benzene rings is 5. The molecule has 0 heterocycles. The van der Waals surface area contributed by atoms with Gasteiger partial charge in [0.1, 0.15) is 4.90 Å². The zero-order valence-electron chi connectivity index (χ0n) is 14.5. The van der Waals surface area contributed by atoms with Crippen molar-refractivity contribution in [3.05, 3.63) is 65.7 Å². The van der Waals surface area contributed by atoms with Gasteiger partial charge in [0.2, 0.25) is 0 Å². The van der Waals surface area contributed by atoms with Crippen LogP contribution in [-0.4, -0.2) is 15.0 Å². The molecule has 0 radical (unpaired) electrons. The van der Waals surface area contributed by atoms with Gasteiger partial charge in [0.15, 0.2) is 0 Å². The molecule has 0 unspecified atom stereocenters. The second kappa shape index (κ2) is 5.80. The summed E-state index contributed by atoms with van der Waals surface area (Å²) < 4.78 is 31.0. The smallest absolute Gasteiger partial charge is 0.267 e. The fraction of sp³-hybridized carbons (Fsp3) is 0.0909. The van der Waals surface area contributed by atoms with E-state index in [1.54, 1.807) is 13.0 Å². The minimum atomic E-state index is -3.99. The van der Waals surface area contributed by atoms with Crippen LogP contribution in [0.25, 0.3) is 43.1 Å². The van der Waals surface area contributed by atoms with Crippen molar-refractivity contribution in [2.45, 2.75) is 11.8 Å². The monoisotopic (exact) mass is 394 g/mol. The lowest BCUT2D eigenvalue weighted by molar-refractivity contribution is 0.338. The van der Waals surface area contributed by atoms with Gasteiger partial charge >= 0.3 is 0 Å². The number of hydrogen-bond donors (Lipinski definition) is 0. The van der Waals surface area contributed by atoms with Crippen molar-refractivity contribution in [2.24, 2.45) is 0 Å². The van der Waals surface area contributed by atoms with Gasteiger partial charge in [-0.2, -0.15) is 8.42 Å². The first kappa shape index (κ1) is 16.8. The van der Waals surface area contributed by atoms with E-state index in [-0.39, 0.29) is 16.5 Å². The Morgan fingerprint density at radius 2 is 1.41 bits per heavy atom. The Kier molecular flexibility index (Phi) is 3.60. The zero-order chi connectivity index (χ0) is 18.8. The van der Waals surface area contributed by atoms with Gasteiger partial charge in [-0.05, 0) is 50.7 Å². The molecule has 0 aliphatic rings. The highest BCUT2D eigenvalue weighted by molar-refractivity contribution is 7.87. The summed E-state index contributed by atoms with van der Waals surface area (Å²) in [5.41, 5.74) is 0. The molecule has 0 saturated carbocycles. The first-order chi connectivity index (χ1) is 13.0. The molecular weight excluding hydrogens is 380 g/mol. The van der Waals surface area contributed by atoms with Crippen LogP contribution >= 0.6 is 11.6 Å². The molecule has 134 valence electrons. The lowest BCUT2D eigenvalue weighted by Gasteiger charge is -2.18. The van der Waals surface area contributed by atoms with Crippen LogP contribution in [0.5, 0.6) is 0 Å². The second-order valence-corrected chi connectivity index (χ2v) is 8.50. The fourth-order valence-corrected chi connectivity index (χ4v) is 5.80. The molecular formula is C22H15ClO3S. The zero-order valence-corrected chi connectivity index (χ0v) is 16.1. The number of hydrogen-bond acceptors (Lipinski definition) is 3. The van der Waals surface area contributed by atoms with E-state index >= 15 is 0 Å². The Morgan fingerprint density at radius 3 is 2.07 bits per heavy atom. The lowest BCUT2D eigenvalue weighted by Crippen LogP contribution is -2.08. The third-order valence-electron chi connectivity index (χ3n) is 5.06. The Labute approximate surface area is 161 Å². The summed E-state index contributed by atoms with van der Waals surface area (Å²) in [4.78, 5) is 0.0490. The van der Waals surface area contributed by atoms with Crippen molar-refractivity contribution in [3.8, 4) is 0 Å². The van der Waals surface area contributed by atoms with Gasteiger partial charge in [0.05, 0.1) is 11.6 Å². The molecule has 5 rings (SSSR count). The van der Waals surface area contributed by atoms with Gasteiger partial charge < -0.3 is 0 Å². The molecule has 0 amide bonds. The summed E-state index contributed by atoms with van der Waals surface area (Å²) in [5, 5.41) is 7.70. The molecule has 0 saturated heterocycles. The van der Waals surface area contributed by atoms with Gasteiger partial charge in [-0.25, -0.2) is 0 Å². The summed E-state index contributed by atoms with van der Waals surface area (Å²) in [6, 6.07) is 19.8. The van der Waals surface area contributed by atoms with E-state index < -0.39 is 10.1 Å². The normalized spacial score (nSPS) is 12.7. The predicted octanol–water partition coefficient (Wildman–Crippen LogP) is 6.12. The third-order valence-corrected chi connectivity index (χ3v) is 6.94. The van der Waals surface area contributed by atoms with Crippen molar-refractivity contribution in [2.75, 3.05) is 6.61 Å². The number of fused-ring (bicyclic) bond motifs is 2. The van der Waals surface area contributed by atoms with E-state index in [1.165, 1.54) is 0 Å². The minimum Gasteiger partial charge on any atom is -0.267 e. The van der Waals surface area contributed by atoms with Crippen LogP contribution in [-0.2, 0) is 14.3 Å². The largest absolute Gasteiger partial charge is 0.299 e. The Morgan fingerprint density at radius 1 is 0.815 bits per heavy atom. The maximum absolute atomic E-state index is 12.9. The number of halogens is 1. The van der Waals surface area contributed by atoms with Crippen LogP contribution in [0.2, 0.25) is 5.02 Å². The number of rotatable bonds is 3. The SMILES string of the molecule is CCOS(=O)(=O)c1c(Cl)cc2cccc3c4cccc5cccc(c1c23)c54. The van der Waals surface area contributed by atoms with E-state index in [0.29, 0.717) is 5.39 Å². The highest BCUT2D eigenvalue weighted by Crippen LogP contribution is 2.45. The molecule has 5 heteroatoms. The molecule has 0 aliphatic carbocycles. The van der Waals surface area contributed by atoms with Crippen LogP contribution < -0.4 is 0 Å². The predicted molar refractivity (Wildman–Crippen MR) is 111 cm³/mol. The highest BCUT2D eigenvalue weighted by Gasteiger charge is 2.26. The van der Waals surface area contributed by atoms with E-state index in [9.17, 15) is 8.42 Å². The molecule has 0 bridgehead atoms. The van der Waals surface area contributed by atoms with Crippen molar-refractivity contribution >= 4 is 64.8 Å². The topological polar surface area (TPSA) is 43.4 Å². The average Bonchev–Trinajstić information content (AvgIpc) is 2.65. The summed E-state index contributed by atoms with van der Waals surface area (Å²) in [7, 11) is -3.99. The molecule has 0 fully saturated rings. The maximum Gasteiger partial charge on any atom is 0.299 e. The van der Waals surface area contributed by atoms with Crippen LogP contribution in [0.3, 0.4) is 0 Å². The first-order valence-electron chi connectivity index (χ1n) is 8.70. The summed E-state index contributed by atoms with van der Waals surface area (Å²) in [5.74, 6) is 0. The van der Waals surface area contributed by atoms with Crippen LogP contribution in [0.15, 0.2) is 65.6 Å². The Balaban J connectivity index is 2.19. The standard InChI is InChI=1S/C22H15ClO3S/c1-2-26-27(24,25)22-18(23)12-14-8-5-10-16-15-9-3-6-13-7-4-11-17(19(13)15)21(22)20(14)16/h3-12H,2H2,1H3. The molecule has 0 spiro atoms. The Bertz CT molecular complexity index is 1450. The molecule has 5 aromatic carbocycles. The molecule has 0 N–H and O–H groups in total. The second-order valence-electron chi connectivity index (χ2n) is 6.54. The van der Waals surface area contributed by atoms with Crippen molar-refractivity contribution in [3.63, 3.8) is 0 Å². The van der Waals surface area contributed by atoms with E-state index in [4.69, 9.17) is 15.8 Å². The first-order valence-corrected chi connectivity index (χ1v) is 10.5. The van der Waals surface area contributed by atoms with Gasteiger partial charge in [-0.3, -0.25) is 4.18 Å². The van der Waals surface area contributed by atoms with Gasteiger partial charge in [-0.1, -0.05) is 66.2 Å². The van der Waals surface area contributed by atoms with Crippen LogP contribution in [0.1, 0.15) is 6.92 Å². The van der Waals surface area contributed by atoms with E-state index in [1.807, 2.05) is 48.5 Å². The molecule has 0 aromatic heterocycles. The van der Waals surface area contributed by atoms with Crippen molar-refractivity contribution in [1.29, 1.82) is 0 Å². The van der Waals surface area contributed by atoms with Crippen LogP contribution in [0, 0.1) is 0 Å². The quantitative estimate of drug-likeness (QED) is 0.210. The van der Waals surface area contributed by atoms with E-state index in [0.717, 1.165) is 37.7 Å². The highest BCUT2D eigenvalue weighted by atomic mass is 35.5. The molecule has 0 atom stereocenters. The van der Waals surface area contributed by atoms with Crippen molar-refractivity contribution < 1.29 is 12.6 Å². The van der Waals surface area contributed by atoms with Crippen LogP contribution in [0.4, 0.5) is 0 Å². The van der Waals surface area contributed by atoms with Gasteiger partial charge in [-0.15, -0.1) is 0 Å². The maximum atomic E-state index is 12.9. The van der Waals surface area contributed by atoms with Gasteiger partial charge in [0.25, 0.3) is 10.1 Å². The Hall–Kier alpha value is -2.40. The van der Waals surface area contributed by atoms with Crippen molar-refractivity contribution in [1.82, 2.24) is 0 Å². The third kappa shape index (κ3) is 2.27. The molecule has 5 aromatic rings. The van der Waals surface area contributed by atoms with Gasteiger partial charge in [0, 0.05) is 5.39 Å². The lowest BCUT2D eigenvalue weighted by atomic mass is 9.90. The average molecular weight is 395 g/mol. The summed E-state index contributed by atoms with van der Waals surface area (Å²) in [6.45, 7) is 1.71. The molecule has 0 aliphatic heterocycles. The summed E-state index contributed by atoms with van der Waals surface area (Å²) in [6.07, 6.45) is 0. The minimum absolute atomic E-state index is 0.0490. The fourth-order valence-electron chi connectivity index (χ4n) is 4.12. The molecule has 3 nitrogen and oxygen atoms in total. The molecule has 27 heavy (non-hydrogen) atoms. The van der Waals surface area contributed by atoms with E-state index in [2.05, 4.69) is 6.07 Å². The summed E-state index contributed by atoms with van der Waals surface area (Å²) >= 11 is 6.49.